The van der Waals surface area contributed by atoms with Crippen LogP contribution in [-0.2, 0) is 0 Å². The number of halogens is 2. The van der Waals surface area contributed by atoms with E-state index in [1.165, 1.54) is 46.3 Å². The Hall–Kier alpha value is -2.92. The Kier molecular flexibility index (Phi) is 9.30. The molecule has 2 aliphatic rings. The second-order valence-corrected chi connectivity index (χ2v) is 21.1. The van der Waals surface area contributed by atoms with Crippen molar-refractivity contribution in [3.05, 3.63) is 140 Å². The van der Waals surface area contributed by atoms with Gasteiger partial charge in [0.2, 0.25) is 0 Å². The lowest BCUT2D eigenvalue weighted by Gasteiger charge is -2.41. The fraction of sp³-hybridized carbons (Fsp3) is 0.268. The summed E-state index contributed by atoms with van der Waals surface area (Å²) in [5.74, 6) is 0. The SMILES string of the molecule is CC(C)[Si](/C=C1/C(C(=C2CC2)c2ccc(N(c3ccc(Br)cc3)c3ccc(Br)cc3)cc2)=Cc2ccccc21)(C(C)C)C(C)C. The molecule has 0 N–H and O–H groups in total. The summed E-state index contributed by atoms with van der Waals surface area (Å²) in [7, 11) is -1.81. The molecule has 1 nitrogen and oxygen atoms in total. The van der Waals surface area contributed by atoms with E-state index in [1.807, 2.05) is 0 Å². The molecule has 1 saturated carbocycles. The first-order valence-corrected chi connectivity index (χ1v) is 20.2. The van der Waals surface area contributed by atoms with Gasteiger partial charge in [0.1, 0.15) is 0 Å². The van der Waals surface area contributed by atoms with Crippen LogP contribution in [0, 0.1) is 0 Å². The van der Waals surface area contributed by atoms with E-state index in [2.05, 4.69) is 187 Å². The first kappa shape index (κ1) is 32.0. The van der Waals surface area contributed by atoms with Crippen molar-refractivity contribution in [2.75, 3.05) is 4.90 Å². The average Bonchev–Trinajstić information content (AvgIpc) is 3.79. The van der Waals surface area contributed by atoms with Crippen LogP contribution in [-0.4, -0.2) is 8.07 Å². The fourth-order valence-electron chi connectivity index (χ4n) is 7.63. The number of hydrogen-bond donors (Lipinski definition) is 0. The number of rotatable bonds is 9. The number of fused-ring (bicyclic) bond motifs is 1. The molecule has 0 heterocycles. The van der Waals surface area contributed by atoms with Gasteiger partial charge in [0, 0.05) is 26.0 Å². The van der Waals surface area contributed by atoms with E-state index in [0.29, 0.717) is 16.6 Å². The Bertz CT molecular complexity index is 1700. The zero-order valence-corrected chi connectivity index (χ0v) is 31.4. The summed E-state index contributed by atoms with van der Waals surface area (Å²) >= 11 is 7.23. The van der Waals surface area contributed by atoms with Crippen molar-refractivity contribution in [3.63, 3.8) is 0 Å². The van der Waals surface area contributed by atoms with Gasteiger partial charge in [-0.05, 0) is 130 Å². The highest BCUT2D eigenvalue weighted by Crippen LogP contribution is 2.52. The van der Waals surface area contributed by atoms with Gasteiger partial charge in [0.05, 0.1) is 8.07 Å². The second kappa shape index (κ2) is 13.1. The molecule has 0 aromatic heterocycles. The Morgan fingerprint density at radius 1 is 0.644 bits per heavy atom. The summed E-state index contributed by atoms with van der Waals surface area (Å²) in [6.07, 6.45) is 4.85. The maximum Gasteiger partial charge on any atom is 0.0861 e. The van der Waals surface area contributed by atoms with E-state index in [0.717, 1.165) is 26.0 Å². The van der Waals surface area contributed by atoms with E-state index in [9.17, 15) is 0 Å². The standard InChI is InChI=1S/C41H43Br2NSi/c1-27(2)45(28(3)4,29(5)6)26-40-38-10-8-7-9-32(38)25-39(40)41(30-11-12-30)31-13-19-35(20-14-31)44(36-21-15-33(42)16-22-36)37-23-17-34(43)18-24-37/h7-10,13-29H,11-12H2,1-6H3/b40-26+. The third-order valence-corrected chi connectivity index (χ3v) is 17.8. The maximum absolute atomic E-state index is 3.61. The van der Waals surface area contributed by atoms with Crippen molar-refractivity contribution in [2.24, 2.45) is 0 Å². The normalized spacial score (nSPS) is 15.2. The molecule has 45 heavy (non-hydrogen) atoms. The number of nitrogens with zero attached hydrogens (tertiary/aromatic N) is 1. The molecule has 0 spiro atoms. The van der Waals surface area contributed by atoms with Crippen molar-refractivity contribution in [2.45, 2.75) is 71.0 Å². The summed E-state index contributed by atoms with van der Waals surface area (Å²) in [6, 6.07) is 35.4. The smallest absolute Gasteiger partial charge is 0.0861 e. The van der Waals surface area contributed by atoms with E-state index >= 15 is 0 Å². The van der Waals surface area contributed by atoms with Gasteiger partial charge in [-0.3, -0.25) is 0 Å². The van der Waals surface area contributed by atoms with Crippen LogP contribution in [0.5, 0.6) is 0 Å². The fourth-order valence-corrected chi connectivity index (χ4v) is 14.0. The average molecular weight is 738 g/mol. The van der Waals surface area contributed by atoms with E-state index in [4.69, 9.17) is 0 Å². The van der Waals surface area contributed by atoms with Gasteiger partial charge < -0.3 is 4.90 Å². The zero-order chi connectivity index (χ0) is 31.9. The van der Waals surface area contributed by atoms with Crippen LogP contribution >= 0.6 is 31.9 Å². The van der Waals surface area contributed by atoms with E-state index in [1.54, 1.807) is 5.57 Å². The van der Waals surface area contributed by atoms with Crippen LogP contribution in [0.4, 0.5) is 17.1 Å². The van der Waals surface area contributed by atoms with Crippen molar-refractivity contribution in [3.8, 4) is 0 Å². The summed E-state index contributed by atoms with van der Waals surface area (Å²) in [6.45, 7) is 14.8. The third-order valence-electron chi connectivity index (χ3n) is 9.94. The molecule has 4 heteroatoms. The monoisotopic (exact) mass is 735 g/mol. The molecule has 0 saturated heterocycles. The minimum absolute atomic E-state index is 0.665. The summed E-state index contributed by atoms with van der Waals surface area (Å²) < 4.78 is 2.15. The molecule has 4 aromatic rings. The van der Waals surface area contributed by atoms with Crippen LogP contribution in [0.2, 0.25) is 16.6 Å². The lowest BCUT2D eigenvalue weighted by atomic mass is 9.92. The molecule has 0 aliphatic heterocycles. The maximum atomic E-state index is 3.61. The quantitative estimate of drug-likeness (QED) is 0.155. The molecule has 0 amide bonds. The third kappa shape index (κ3) is 6.26. The number of benzene rings is 4. The van der Waals surface area contributed by atoms with Gasteiger partial charge in [-0.15, -0.1) is 0 Å². The molecule has 230 valence electrons. The van der Waals surface area contributed by atoms with Crippen LogP contribution in [0.15, 0.2) is 123 Å². The van der Waals surface area contributed by atoms with Gasteiger partial charge >= 0.3 is 0 Å². The van der Waals surface area contributed by atoms with Gasteiger partial charge in [-0.25, -0.2) is 0 Å². The van der Waals surface area contributed by atoms with Crippen molar-refractivity contribution >= 4 is 74.2 Å². The molecular weight excluding hydrogens is 694 g/mol. The van der Waals surface area contributed by atoms with Crippen LogP contribution in [0.25, 0.3) is 17.2 Å². The molecular formula is C41H43Br2NSi. The summed E-state index contributed by atoms with van der Waals surface area (Å²) in [5.41, 5.74) is 18.2. The van der Waals surface area contributed by atoms with E-state index in [-0.39, 0.29) is 0 Å². The minimum Gasteiger partial charge on any atom is -0.311 e. The van der Waals surface area contributed by atoms with E-state index < -0.39 is 8.07 Å². The van der Waals surface area contributed by atoms with Gasteiger partial charge in [0.25, 0.3) is 0 Å². The Morgan fingerprint density at radius 3 is 1.58 bits per heavy atom. The first-order chi connectivity index (χ1) is 21.6. The lowest BCUT2D eigenvalue weighted by molar-refractivity contribution is 0.833. The number of anilines is 3. The minimum atomic E-state index is -1.81. The zero-order valence-electron chi connectivity index (χ0n) is 27.2. The molecule has 1 fully saturated rings. The van der Waals surface area contributed by atoms with Crippen LogP contribution in [0.3, 0.4) is 0 Å². The van der Waals surface area contributed by atoms with Gasteiger partial charge in [0.15, 0.2) is 0 Å². The molecule has 2 aliphatic carbocycles. The molecule has 0 atom stereocenters. The molecule has 0 radical (unpaired) electrons. The summed E-state index contributed by atoms with van der Waals surface area (Å²) in [4.78, 5) is 2.33. The Balaban J connectivity index is 1.45. The molecule has 4 aromatic carbocycles. The molecule has 6 rings (SSSR count). The van der Waals surface area contributed by atoms with Crippen molar-refractivity contribution in [1.82, 2.24) is 0 Å². The van der Waals surface area contributed by atoms with Crippen LogP contribution in [0.1, 0.15) is 71.1 Å². The van der Waals surface area contributed by atoms with Gasteiger partial charge in [-0.2, -0.15) is 0 Å². The predicted octanol–water partition coefficient (Wildman–Crippen LogP) is 13.9. The highest BCUT2D eigenvalue weighted by Gasteiger charge is 2.42. The topological polar surface area (TPSA) is 3.24 Å². The molecule has 0 unspecified atom stereocenters. The van der Waals surface area contributed by atoms with Gasteiger partial charge in [-0.1, -0.05) is 121 Å². The summed E-state index contributed by atoms with van der Waals surface area (Å²) in [5, 5.41) is 0. The number of hydrogen-bond acceptors (Lipinski definition) is 1. The molecule has 0 bridgehead atoms. The Morgan fingerprint density at radius 2 is 1.11 bits per heavy atom. The van der Waals surface area contributed by atoms with Crippen molar-refractivity contribution in [1.29, 1.82) is 0 Å². The predicted molar refractivity (Wildman–Crippen MR) is 206 cm³/mol. The number of allylic oxidation sites excluding steroid dienone is 4. The van der Waals surface area contributed by atoms with Crippen LogP contribution < -0.4 is 4.90 Å². The highest BCUT2D eigenvalue weighted by molar-refractivity contribution is 9.10. The highest BCUT2D eigenvalue weighted by atomic mass is 79.9. The Labute approximate surface area is 288 Å². The lowest BCUT2D eigenvalue weighted by Crippen LogP contribution is -2.43. The largest absolute Gasteiger partial charge is 0.311 e. The first-order valence-electron chi connectivity index (χ1n) is 16.3. The second-order valence-electron chi connectivity index (χ2n) is 13.5. The van der Waals surface area contributed by atoms with Crippen molar-refractivity contribution < 1.29 is 0 Å².